The molecule has 1 heterocycles. The van der Waals surface area contributed by atoms with Gasteiger partial charge in [0.15, 0.2) is 0 Å². The molecule has 0 aliphatic carbocycles. The highest BCUT2D eigenvalue weighted by Crippen LogP contribution is 2.21. The number of halogens is 1. The molecular formula is C20H20FNO2S. The number of rotatable bonds is 7. The maximum Gasteiger partial charge on any atom is 0.224 e. The lowest BCUT2D eigenvalue weighted by Crippen LogP contribution is -2.32. The van der Waals surface area contributed by atoms with Gasteiger partial charge in [-0.3, -0.25) is 4.79 Å². The van der Waals surface area contributed by atoms with Gasteiger partial charge in [0.05, 0.1) is 6.42 Å². The second-order valence-corrected chi connectivity index (χ2v) is 7.10. The molecule has 0 saturated carbocycles. The molecule has 0 bridgehead atoms. The van der Waals surface area contributed by atoms with Crippen LogP contribution in [-0.4, -0.2) is 24.2 Å². The lowest BCUT2D eigenvalue weighted by molar-refractivity contribution is -0.120. The van der Waals surface area contributed by atoms with Gasteiger partial charge in [-0.05, 0) is 58.6 Å². The lowest BCUT2D eigenvalue weighted by Gasteiger charge is -2.15. The molecular weight excluding hydrogens is 337 g/mol. The number of benzene rings is 2. The van der Waals surface area contributed by atoms with E-state index in [0.29, 0.717) is 19.4 Å². The van der Waals surface area contributed by atoms with Crippen molar-refractivity contribution in [2.45, 2.75) is 12.8 Å². The van der Waals surface area contributed by atoms with E-state index in [-0.39, 0.29) is 24.2 Å². The van der Waals surface area contributed by atoms with E-state index in [1.807, 2.05) is 29.6 Å². The van der Waals surface area contributed by atoms with E-state index in [1.165, 1.54) is 16.8 Å². The number of thiophene rings is 1. The number of aliphatic hydroxyl groups is 1. The fraction of sp³-hybridized carbons (Fsp3) is 0.250. The molecule has 2 aromatic carbocycles. The fourth-order valence-electron chi connectivity index (χ4n) is 2.79. The number of fused-ring (bicyclic) bond motifs is 1. The highest BCUT2D eigenvalue weighted by atomic mass is 32.1. The van der Waals surface area contributed by atoms with Gasteiger partial charge in [0.2, 0.25) is 5.91 Å². The highest BCUT2D eigenvalue weighted by molar-refractivity contribution is 7.17. The van der Waals surface area contributed by atoms with Crippen LogP contribution in [0.4, 0.5) is 4.39 Å². The summed E-state index contributed by atoms with van der Waals surface area (Å²) in [5.41, 5.74) is 1.92. The normalized spacial score (nSPS) is 12.2. The zero-order valence-electron chi connectivity index (χ0n) is 13.7. The number of hydrogen-bond acceptors (Lipinski definition) is 3. The Kier molecular flexibility index (Phi) is 5.79. The third-order valence-electron chi connectivity index (χ3n) is 4.17. The Hall–Kier alpha value is -2.24. The third kappa shape index (κ3) is 4.87. The largest absolute Gasteiger partial charge is 0.396 e. The monoisotopic (exact) mass is 357 g/mol. The van der Waals surface area contributed by atoms with Crippen LogP contribution in [0.1, 0.15) is 11.1 Å². The minimum absolute atomic E-state index is 0.0292. The van der Waals surface area contributed by atoms with Crippen LogP contribution in [0.2, 0.25) is 0 Å². The molecule has 1 unspecified atom stereocenters. The van der Waals surface area contributed by atoms with Crippen LogP contribution in [0, 0.1) is 11.7 Å². The Morgan fingerprint density at radius 2 is 1.88 bits per heavy atom. The maximum absolute atomic E-state index is 12.9. The molecule has 1 amide bonds. The van der Waals surface area contributed by atoms with E-state index < -0.39 is 0 Å². The predicted molar refractivity (Wildman–Crippen MR) is 99.2 cm³/mol. The van der Waals surface area contributed by atoms with Crippen LogP contribution in [0.3, 0.4) is 0 Å². The minimum Gasteiger partial charge on any atom is -0.396 e. The smallest absolute Gasteiger partial charge is 0.224 e. The molecule has 3 rings (SSSR count). The van der Waals surface area contributed by atoms with Crippen LogP contribution in [0.15, 0.2) is 53.9 Å². The first kappa shape index (κ1) is 17.6. The molecule has 0 spiro atoms. The average Bonchev–Trinajstić information content (AvgIpc) is 3.08. The van der Waals surface area contributed by atoms with Crippen LogP contribution >= 0.6 is 11.3 Å². The van der Waals surface area contributed by atoms with E-state index in [2.05, 4.69) is 5.32 Å². The van der Waals surface area contributed by atoms with E-state index >= 15 is 0 Å². The van der Waals surface area contributed by atoms with Crippen molar-refractivity contribution in [2.75, 3.05) is 13.2 Å². The first-order valence-corrected chi connectivity index (χ1v) is 9.10. The zero-order chi connectivity index (χ0) is 17.6. The molecule has 0 radical (unpaired) electrons. The highest BCUT2D eigenvalue weighted by Gasteiger charge is 2.11. The van der Waals surface area contributed by atoms with Gasteiger partial charge >= 0.3 is 0 Å². The summed E-state index contributed by atoms with van der Waals surface area (Å²) in [6.45, 7) is 0.367. The van der Waals surface area contributed by atoms with Gasteiger partial charge in [0, 0.05) is 23.8 Å². The molecule has 0 aliphatic heterocycles. The summed E-state index contributed by atoms with van der Waals surface area (Å²) in [7, 11) is 0. The van der Waals surface area contributed by atoms with Crippen molar-refractivity contribution in [3.05, 3.63) is 70.9 Å². The van der Waals surface area contributed by atoms with Crippen LogP contribution in [-0.2, 0) is 17.6 Å². The summed E-state index contributed by atoms with van der Waals surface area (Å²) in [5.74, 6) is -0.430. The summed E-state index contributed by atoms with van der Waals surface area (Å²) in [6, 6.07) is 14.3. The SMILES string of the molecule is O=C(Cc1ccc2sccc2c1)NCC(CO)Cc1ccc(F)cc1. The number of amides is 1. The van der Waals surface area contributed by atoms with Gasteiger partial charge in [0.1, 0.15) is 5.82 Å². The Morgan fingerprint density at radius 3 is 2.64 bits per heavy atom. The van der Waals surface area contributed by atoms with E-state index in [9.17, 15) is 14.3 Å². The Bertz CT molecular complexity index is 844. The van der Waals surface area contributed by atoms with Crippen molar-refractivity contribution in [2.24, 2.45) is 5.92 Å². The standard InChI is InChI=1S/C20H20FNO2S/c21-18-4-1-14(2-5-18)9-16(13-23)12-22-20(24)11-15-3-6-19-17(10-15)7-8-25-19/h1-8,10,16,23H,9,11-13H2,(H,22,24). The van der Waals surface area contributed by atoms with Crippen LogP contribution < -0.4 is 5.32 Å². The van der Waals surface area contributed by atoms with E-state index in [0.717, 1.165) is 16.5 Å². The summed E-state index contributed by atoms with van der Waals surface area (Å²) in [4.78, 5) is 12.2. The Balaban J connectivity index is 1.51. The van der Waals surface area contributed by atoms with Crippen molar-refractivity contribution in [1.29, 1.82) is 0 Å². The lowest BCUT2D eigenvalue weighted by atomic mass is 10.00. The Labute approximate surface area is 150 Å². The first-order chi connectivity index (χ1) is 12.1. The molecule has 1 atom stereocenters. The molecule has 0 saturated heterocycles. The van der Waals surface area contributed by atoms with Crippen LogP contribution in [0.25, 0.3) is 10.1 Å². The molecule has 5 heteroatoms. The van der Waals surface area contributed by atoms with Crippen LogP contribution in [0.5, 0.6) is 0 Å². The van der Waals surface area contributed by atoms with Crippen molar-refractivity contribution in [3.63, 3.8) is 0 Å². The molecule has 2 N–H and O–H groups in total. The van der Waals surface area contributed by atoms with Gasteiger partial charge < -0.3 is 10.4 Å². The zero-order valence-corrected chi connectivity index (χ0v) is 14.6. The fourth-order valence-corrected chi connectivity index (χ4v) is 3.56. The predicted octanol–water partition coefficient (Wildman–Crippen LogP) is 3.55. The number of nitrogens with one attached hydrogen (secondary N) is 1. The molecule has 1 aromatic heterocycles. The summed E-state index contributed by atoms with van der Waals surface area (Å²) < 4.78 is 14.1. The Morgan fingerprint density at radius 1 is 1.12 bits per heavy atom. The second kappa shape index (κ2) is 8.23. The van der Waals surface area contributed by atoms with Crippen molar-refractivity contribution in [3.8, 4) is 0 Å². The first-order valence-electron chi connectivity index (χ1n) is 8.22. The molecule has 0 fully saturated rings. The topological polar surface area (TPSA) is 49.3 Å². The van der Waals surface area contributed by atoms with Crippen molar-refractivity contribution >= 4 is 27.3 Å². The van der Waals surface area contributed by atoms with Gasteiger partial charge in [-0.1, -0.05) is 18.2 Å². The number of hydrogen-bond donors (Lipinski definition) is 2. The molecule has 0 aliphatic rings. The van der Waals surface area contributed by atoms with E-state index in [1.54, 1.807) is 23.5 Å². The van der Waals surface area contributed by atoms with Gasteiger partial charge in [-0.25, -0.2) is 4.39 Å². The summed E-state index contributed by atoms with van der Waals surface area (Å²) in [5, 5.41) is 15.6. The number of carbonyl (C=O) groups excluding carboxylic acids is 1. The molecule has 25 heavy (non-hydrogen) atoms. The molecule has 3 aromatic rings. The number of aliphatic hydroxyl groups excluding tert-OH is 1. The molecule has 3 nitrogen and oxygen atoms in total. The summed E-state index contributed by atoms with van der Waals surface area (Å²) in [6.07, 6.45) is 0.915. The third-order valence-corrected chi connectivity index (χ3v) is 5.06. The minimum atomic E-state index is -0.278. The van der Waals surface area contributed by atoms with Gasteiger partial charge in [0.25, 0.3) is 0 Å². The van der Waals surface area contributed by atoms with Gasteiger partial charge in [-0.15, -0.1) is 11.3 Å². The second-order valence-electron chi connectivity index (χ2n) is 6.15. The summed E-state index contributed by atoms with van der Waals surface area (Å²) >= 11 is 1.68. The number of carbonyl (C=O) groups is 1. The van der Waals surface area contributed by atoms with Gasteiger partial charge in [-0.2, -0.15) is 0 Å². The maximum atomic E-state index is 12.9. The van der Waals surface area contributed by atoms with Crippen molar-refractivity contribution in [1.82, 2.24) is 5.32 Å². The quantitative estimate of drug-likeness (QED) is 0.679. The van der Waals surface area contributed by atoms with E-state index in [4.69, 9.17) is 0 Å². The van der Waals surface area contributed by atoms with Crippen molar-refractivity contribution < 1.29 is 14.3 Å². The average molecular weight is 357 g/mol. The molecule has 130 valence electrons.